The van der Waals surface area contributed by atoms with Crippen LogP contribution in [0.2, 0.25) is 0 Å². The summed E-state index contributed by atoms with van der Waals surface area (Å²) in [5.41, 5.74) is 0.697. The van der Waals surface area contributed by atoms with Gasteiger partial charge >= 0.3 is 0 Å². The Morgan fingerprint density at radius 1 is 1.18 bits per heavy atom. The summed E-state index contributed by atoms with van der Waals surface area (Å²) in [5, 5.41) is 8.80. The van der Waals surface area contributed by atoms with Crippen LogP contribution in [0.15, 0.2) is 41.2 Å². The van der Waals surface area contributed by atoms with Crippen molar-refractivity contribution in [3.63, 3.8) is 0 Å². The van der Waals surface area contributed by atoms with Crippen LogP contribution in [0, 0.1) is 0 Å². The largest absolute Gasteiger partial charge is 0.491 e. The van der Waals surface area contributed by atoms with E-state index in [-0.39, 0.29) is 29.3 Å². The minimum Gasteiger partial charge on any atom is -0.491 e. The number of para-hydroxylation sites is 1. The van der Waals surface area contributed by atoms with Gasteiger partial charge in [0.05, 0.1) is 12.1 Å². The molecule has 0 saturated heterocycles. The van der Waals surface area contributed by atoms with E-state index >= 15 is 0 Å². The van der Waals surface area contributed by atoms with Crippen LogP contribution < -0.4 is 15.6 Å². The molecule has 22 heavy (non-hydrogen) atoms. The molecule has 6 heteroatoms. The van der Waals surface area contributed by atoms with Crippen molar-refractivity contribution in [2.75, 3.05) is 0 Å². The normalized spacial score (nSPS) is 12.0. The number of nitrogens with one attached hydrogen (secondary N) is 2. The molecule has 0 bridgehead atoms. The number of carbonyl (C=O) groups excluding carboxylic acids is 1. The van der Waals surface area contributed by atoms with Gasteiger partial charge in [-0.25, -0.2) is 5.10 Å². The van der Waals surface area contributed by atoms with Crippen LogP contribution in [-0.2, 0) is 0 Å². The smallest absolute Gasteiger partial charge is 0.272 e. The van der Waals surface area contributed by atoms with Gasteiger partial charge in [0, 0.05) is 11.6 Å². The molecule has 1 aromatic heterocycles. The van der Waals surface area contributed by atoms with Crippen LogP contribution in [0.4, 0.5) is 0 Å². The number of hydrogen-bond donors (Lipinski definition) is 2. The second-order valence-corrected chi connectivity index (χ2v) is 5.21. The first-order valence-corrected chi connectivity index (χ1v) is 7.09. The van der Waals surface area contributed by atoms with E-state index in [9.17, 15) is 9.59 Å². The van der Waals surface area contributed by atoms with E-state index in [2.05, 4.69) is 15.5 Å². The molecule has 2 aromatic rings. The van der Waals surface area contributed by atoms with Crippen molar-refractivity contribution in [2.45, 2.75) is 32.9 Å². The van der Waals surface area contributed by atoms with Crippen molar-refractivity contribution >= 4 is 5.91 Å². The zero-order valence-electron chi connectivity index (χ0n) is 12.8. The maximum atomic E-state index is 12.1. The predicted octanol–water partition coefficient (Wildman–Crippen LogP) is 2.05. The Balaban J connectivity index is 2.15. The number of aromatic nitrogens is 2. The SMILES string of the molecule is CC(C)Oc1ccccc1[C@H](C)NC(=O)c1ccc(=O)[nH]n1. The minimum absolute atomic E-state index is 0.0462. The molecule has 0 aliphatic rings. The van der Waals surface area contributed by atoms with Crippen molar-refractivity contribution < 1.29 is 9.53 Å². The lowest BCUT2D eigenvalue weighted by atomic mass is 10.1. The van der Waals surface area contributed by atoms with E-state index in [0.29, 0.717) is 0 Å². The van der Waals surface area contributed by atoms with Gasteiger partial charge in [-0.15, -0.1) is 0 Å². The first kappa shape index (κ1) is 15.8. The van der Waals surface area contributed by atoms with E-state index in [1.165, 1.54) is 12.1 Å². The molecule has 2 rings (SSSR count). The lowest BCUT2D eigenvalue weighted by Crippen LogP contribution is -2.29. The predicted molar refractivity (Wildman–Crippen MR) is 82.9 cm³/mol. The Morgan fingerprint density at radius 3 is 2.55 bits per heavy atom. The number of aromatic amines is 1. The van der Waals surface area contributed by atoms with Crippen molar-refractivity contribution in [3.8, 4) is 5.75 Å². The number of carbonyl (C=O) groups is 1. The van der Waals surface area contributed by atoms with Crippen LogP contribution in [0.1, 0.15) is 42.9 Å². The zero-order valence-corrected chi connectivity index (χ0v) is 12.8. The molecule has 0 unspecified atom stereocenters. The minimum atomic E-state index is -0.358. The van der Waals surface area contributed by atoms with Crippen molar-refractivity contribution in [2.24, 2.45) is 0 Å². The molecule has 6 nitrogen and oxygen atoms in total. The molecular formula is C16H19N3O3. The molecule has 0 aliphatic heterocycles. The van der Waals surface area contributed by atoms with Crippen LogP contribution in [-0.4, -0.2) is 22.2 Å². The number of benzene rings is 1. The monoisotopic (exact) mass is 301 g/mol. The second-order valence-electron chi connectivity index (χ2n) is 5.21. The average Bonchev–Trinajstić information content (AvgIpc) is 2.47. The number of H-pyrrole nitrogens is 1. The summed E-state index contributed by atoms with van der Waals surface area (Å²) >= 11 is 0. The van der Waals surface area contributed by atoms with Crippen molar-refractivity contribution in [3.05, 3.63) is 58.0 Å². The third-order valence-electron chi connectivity index (χ3n) is 3.01. The van der Waals surface area contributed by atoms with Gasteiger partial charge in [0.25, 0.3) is 11.5 Å². The molecule has 1 atom stereocenters. The Kier molecular flexibility index (Phi) is 4.93. The summed E-state index contributed by atoms with van der Waals surface area (Å²) in [6, 6.07) is 9.96. The first-order chi connectivity index (χ1) is 10.5. The molecule has 1 amide bonds. The summed E-state index contributed by atoms with van der Waals surface area (Å²) in [4.78, 5) is 23.1. The number of amides is 1. The molecule has 0 radical (unpaired) electrons. The van der Waals surface area contributed by atoms with Crippen LogP contribution in [0.3, 0.4) is 0 Å². The van der Waals surface area contributed by atoms with E-state index in [1.807, 2.05) is 45.0 Å². The molecule has 0 spiro atoms. The quantitative estimate of drug-likeness (QED) is 0.885. The molecule has 0 saturated carbocycles. The van der Waals surface area contributed by atoms with Crippen LogP contribution >= 0.6 is 0 Å². The zero-order chi connectivity index (χ0) is 16.1. The molecule has 1 aromatic carbocycles. The fourth-order valence-electron chi connectivity index (χ4n) is 2.02. The highest BCUT2D eigenvalue weighted by Gasteiger charge is 2.16. The lowest BCUT2D eigenvalue weighted by molar-refractivity contribution is 0.0933. The van der Waals surface area contributed by atoms with Crippen LogP contribution in [0.25, 0.3) is 0 Å². The van der Waals surface area contributed by atoms with Gasteiger partial charge in [0.1, 0.15) is 11.4 Å². The topological polar surface area (TPSA) is 84.1 Å². The Hall–Kier alpha value is -2.63. The number of rotatable bonds is 5. The average molecular weight is 301 g/mol. The standard InChI is InChI=1S/C16H19N3O3/c1-10(2)22-14-7-5-4-6-12(14)11(3)17-16(21)13-8-9-15(20)19-18-13/h4-11H,1-3H3,(H,17,21)(H,19,20)/t11-/m0/s1. The Labute approximate surface area is 128 Å². The molecule has 2 N–H and O–H groups in total. The maximum Gasteiger partial charge on any atom is 0.272 e. The van der Waals surface area contributed by atoms with Gasteiger partial charge < -0.3 is 10.1 Å². The third kappa shape index (κ3) is 3.94. The summed E-state index contributed by atoms with van der Waals surface area (Å²) in [5.74, 6) is 0.378. The summed E-state index contributed by atoms with van der Waals surface area (Å²) in [7, 11) is 0. The highest BCUT2D eigenvalue weighted by Crippen LogP contribution is 2.25. The van der Waals surface area contributed by atoms with Crippen molar-refractivity contribution in [1.82, 2.24) is 15.5 Å². The molecule has 0 aliphatic carbocycles. The van der Waals surface area contributed by atoms with Gasteiger partial charge in [0.15, 0.2) is 0 Å². The van der Waals surface area contributed by atoms with E-state index < -0.39 is 0 Å². The van der Waals surface area contributed by atoms with Gasteiger partial charge in [-0.1, -0.05) is 18.2 Å². The van der Waals surface area contributed by atoms with Crippen LogP contribution in [0.5, 0.6) is 5.75 Å². The first-order valence-electron chi connectivity index (χ1n) is 7.09. The molecule has 116 valence electrons. The van der Waals surface area contributed by atoms with E-state index in [0.717, 1.165) is 11.3 Å². The lowest BCUT2D eigenvalue weighted by Gasteiger charge is -2.19. The maximum absolute atomic E-state index is 12.1. The molecule has 1 heterocycles. The third-order valence-corrected chi connectivity index (χ3v) is 3.01. The summed E-state index contributed by atoms with van der Waals surface area (Å²) in [6.45, 7) is 5.76. The molecule has 0 fully saturated rings. The Morgan fingerprint density at radius 2 is 1.91 bits per heavy atom. The van der Waals surface area contributed by atoms with E-state index in [4.69, 9.17) is 4.74 Å². The number of ether oxygens (including phenoxy) is 1. The van der Waals surface area contributed by atoms with E-state index in [1.54, 1.807) is 0 Å². The summed E-state index contributed by atoms with van der Waals surface area (Å²) in [6.07, 6.45) is 0.0462. The second kappa shape index (κ2) is 6.89. The van der Waals surface area contributed by atoms with Gasteiger partial charge in [-0.05, 0) is 32.9 Å². The highest BCUT2D eigenvalue weighted by atomic mass is 16.5. The van der Waals surface area contributed by atoms with Crippen molar-refractivity contribution in [1.29, 1.82) is 0 Å². The number of hydrogen-bond acceptors (Lipinski definition) is 4. The van der Waals surface area contributed by atoms with Gasteiger partial charge in [-0.2, -0.15) is 5.10 Å². The van der Waals surface area contributed by atoms with Gasteiger partial charge in [-0.3, -0.25) is 9.59 Å². The Bertz CT molecular complexity index is 689. The fraction of sp³-hybridized carbons (Fsp3) is 0.312. The molecular weight excluding hydrogens is 282 g/mol. The number of nitrogens with zero attached hydrogens (tertiary/aromatic N) is 1. The summed E-state index contributed by atoms with van der Waals surface area (Å²) < 4.78 is 5.76. The highest BCUT2D eigenvalue weighted by molar-refractivity contribution is 5.92. The van der Waals surface area contributed by atoms with Gasteiger partial charge in [0.2, 0.25) is 0 Å². The fourth-order valence-corrected chi connectivity index (χ4v) is 2.02.